The van der Waals surface area contributed by atoms with Crippen LogP contribution < -0.4 is 5.73 Å². The Morgan fingerprint density at radius 3 is 2.68 bits per heavy atom. The lowest BCUT2D eigenvalue weighted by molar-refractivity contribution is -0.146. The molecular weight excluding hydrogens is 238 g/mol. The molecule has 3 fully saturated rings. The van der Waals surface area contributed by atoms with Crippen LogP contribution in [0.15, 0.2) is 0 Å². The lowest BCUT2D eigenvalue weighted by Gasteiger charge is -2.52. The molecule has 2 saturated carbocycles. The van der Waals surface area contributed by atoms with Crippen LogP contribution in [0.4, 0.5) is 0 Å². The Morgan fingerprint density at radius 1 is 1.32 bits per heavy atom. The maximum atomic E-state index is 12.2. The highest BCUT2D eigenvalue weighted by Crippen LogP contribution is 2.55. The predicted molar refractivity (Wildman–Crippen MR) is 74.4 cm³/mol. The molecule has 0 radical (unpaired) electrons. The molecule has 0 amide bonds. The fourth-order valence-electron chi connectivity index (χ4n) is 5.39. The molecule has 3 nitrogen and oxygen atoms in total. The zero-order valence-corrected chi connectivity index (χ0v) is 12.4. The number of nitrogens with two attached hydrogens (primary N) is 1. The van der Waals surface area contributed by atoms with E-state index in [9.17, 15) is 4.79 Å². The number of fused-ring (bicyclic) bond motifs is 2. The maximum absolute atomic E-state index is 12.2. The predicted octanol–water partition coefficient (Wildman–Crippen LogP) is 2.73. The fourth-order valence-corrected chi connectivity index (χ4v) is 5.39. The number of hydrogen-bond donors (Lipinski definition) is 1. The van der Waals surface area contributed by atoms with E-state index in [1.54, 1.807) is 0 Å². The second kappa shape index (κ2) is 4.47. The molecule has 0 bridgehead atoms. The number of carbonyl (C=O) groups is 1. The number of hydrogen-bond acceptors (Lipinski definition) is 3. The Bertz CT molecular complexity index is 381. The van der Waals surface area contributed by atoms with Gasteiger partial charge in [0.05, 0.1) is 0 Å². The van der Waals surface area contributed by atoms with Gasteiger partial charge in [-0.15, -0.1) is 0 Å². The number of cyclic esters (lactones) is 1. The molecule has 1 heterocycles. The van der Waals surface area contributed by atoms with Crippen molar-refractivity contribution in [3.05, 3.63) is 0 Å². The molecule has 2 N–H and O–H groups in total. The summed E-state index contributed by atoms with van der Waals surface area (Å²) in [5.74, 6) is 2.60. The molecular formula is C16H27NO2. The Morgan fingerprint density at radius 2 is 2.00 bits per heavy atom. The summed E-state index contributed by atoms with van der Waals surface area (Å²) in [5, 5.41) is 0. The van der Waals surface area contributed by atoms with Crippen LogP contribution in [-0.4, -0.2) is 17.6 Å². The van der Waals surface area contributed by atoms with Crippen LogP contribution in [0.2, 0.25) is 0 Å². The normalized spacial score (nSPS) is 49.7. The van der Waals surface area contributed by atoms with Crippen molar-refractivity contribution in [2.24, 2.45) is 35.3 Å². The van der Waals surface area contributed by atoms with Gasteiger partial charge in [0.2, 0.25) is 0 Å². The Hall–Kier alpha value is -0.570. The van der Waals surface area contributed by atoms with Gasteiger partial charge in [-0.05, 0) is 43.4 Å². The lowest BCUT2D eigenvalue weighted by atomic mass is 9.52. The van der Waals surface area contributed by atoms with E-state index in [0.717, 1.165) is 12.3 Å². The van der Waals surface area contributed by atoms with Crippen LogP contribution in [-0.2, 0) is 9.53 Å². The summed E-state index contributed by atoms with van der Waals surface area (Å²) >= 11 is 0. The van der Waals surface area contributed by atoms with Crippen molar-refractivity contribution in [3.8, 4) is 0 Å². The first-order valence-electron chi connectivity index (χ1n) is 7.95. The first-order valence-corrected chi connectivity index (χ1v) is 7.95. The van der Waals surface area contributed by atoms with Gasteiger partial charge < -0.3 is 10.5 Å². The van der Waals surface area contributed by atoms with Gasteiger partial charge in [-0.3, -0.25) is 4.79 Å². The molecule has 3 heteroatoms. The van der Waals surface area contributed by atoms with Gasteiger partial charge in [0, 0.05) is 5.92 Å². The van der Waals surface area contributed by atoms with E-state index in [4.69, 9.17) is 10.5 Å². The van der Waals surface area contributed by atoms with E-state index < -0.39 is 5.54 Å². The van der Waals surface area contributed by atoms with E-state index >= 15 is 0 Å². The molecule has 0 aromatic carbocycles. The summed E-state index contributed by atoms with van der Waals surface area (Å²) in [7, 11) is 0. The van der Waals surface area contributed by atoms with Gasteiger partial charge in [-0.2, -0.15) is 0 Å². The van der Waals surface area contributed by atoms with Crippen molar-refractivity contribution in [1.82, 2.24) is 0 Å². The molecule has 1 saturated heterocycles. The van der Waals surface area contributed by atoms with Crippen LogP contribution in [0.25, 0.3) is 0 Å². The molecule has 0 aromatic rings. The van der Waals surface area contributed by atoms with Gasteiger partial charge in [-0.25, -0.2) is 0 Å². The van der Waals surface area contributed by atoms with Crippen molar-refractivity contribution >= 4 is 5.97 Å². The van der Waals surface area contributed by atoms with Gasteiger partial charge in [0.1, 0.15) is 11.6 Å². The topological polar surface area (TPSA) is 52.3 Å². The summed E-state index contributed by atoms with van der Waals surface area (Å²) in [5.41, 5.74) is 5.86. The molecule has 108 valence electrons. The van der Waals surface area contributed by atoms with E-state index in [1.165, 1.54) is 25.7 Å². The molecule has 3 aliphatic rings. The molecule has 2 aliphatic carbocycles. The third-order valence-electron chi connectivity index (χ3n) is 6.02. The summed E-state index contributed by atoms with van der Waals surface area (Å²) in [4.78, 5) is 12.2. The van der Waals surface area contributed by atoms with Crippen LogP contribution in [0.1, 0.15) is 52.9 Å². The standard InChI is InChI=1S/C16H27NO2/c1-9(2)13-12-7-5-4-6-11(12)8-16(17)14(13)10(3)19-15(16)18/h9-14H,4-8,17H2,1-3H3/t10-,11+,12?,13+,14+,16+/m1/s1. The highest BCUT2D eigenvalue weighted by Gasteiger charge is 2.62. The quantitative estimate of drug-likeness (QED) is 0.742. The number of rotatable bonds is 1. The first-order chi connectivity index (χ1) is 8.95. The van der Waals surface area contributed by atoms with E-state index in [1.807, 2.05) is 6.92 Å². The van der Waals surface area contributed by atoms with E-state index in [-0.39, 0.29) is 18.0 Å². The van der Waals surface area contributed by atoms with Gasteiger partial charge in [0.25, 0.3) is 0 Å². The van der Waals surface area contributed by atoms with E-state index in [0.29, 0.717) is 17.8 Å². The lowest BCUT2D eigenvalue weighted by Crippen LogP contribution is -2.61. The monoisotopic (exact) mass is 265 g/mol. The molecule has 3 rings (SSSR count). The summed E-state index contributed by atoms with van der Waals surface area (Å²) in [6.45, 7) is 6.62. The van der Waals surface area contributed by atoms with Crippen molar-refractivity contribution in [1.29, 1.82) is 0 Å². The minimum Gasteiger partial charge on any atom is -0.461 e. The molecule has 1 aliphatic heterocycles. The summed E-state index contributed by atoms with van der Waals surface area (Å²) < 4.78 is 5.53. The summed E-state index contributed by atoms with van der Waals surface area (Å²) in [6, 6.07) is 0. The smallest absolute Gasteiger partial charge is 0.326 e. The Kier molecular flexibility index (Phi) is 3.16. The minimum atomic E-state index is -0.702. The average Bonchev–Trinajstić information content (AvgIpc) is 2.57. The molecule has 0 spiro atoms. The van der Waals surface area contributed by atoms with Crippen molar-refractivity contribution in [2.45, 2.75) is 64.5 Å². The third-order valence-corrected chi connectivity index (χ3v) is 6.02. The second-order valence-electron chi connectivity index (χ2n) is 7.41. The second-order valence-corrected chi connectivity index (χ2v) is 7.41. The van der Waals surface area contributed by atoms with Gasteiger partial charge in [-0.1, -0.05) is 33.1 Å². The molecule has 19 heavy (non-hydrogen) atoms. The van der Waals surface area contributed by atoms with Crippen LogP contribution in [0, 0.1) is 29.6 Å². The number of carbonyl (C=O) groups excluding carboxylic acids is 1. The van der Waals surface area contributed by atoms with Crippen LogP contribution in [0.3, 0.4) is 0 Å². The molecule has 1 unspecified atom stereocenters. The highest BCUT2D eigenvalue weighted by molar-refractivity contribution is 5.83. The van der Waals surface area contributed by atoms with Crippen LogP contribution >= 0.6 is 0 Å². The van der Waals surface area contributed by atoms with Gasteiger partial charge >= 0.3 is 5.97 Å². The highest BCUT2D eigenvalue weighted by atomic mass is 16.6. The first kappa shape index (κ1) is 13.4. The van der Waals surface area contributed by atoms with E-state index in [2.05, 4.69) is 13.8 Å². The van der Waals surface area contributed by atoms with Crippen LogP contribution in [0.5, 0.6) is 0 Å². The minimum absolute atomic E-state index is 0.00669. The van der Waals surface area contributed by atoms with Crippen molar-refractivity contribution in [3.63, 3.8) is 0 Å². The van der Waals surface area contributed by atoms with Crippen molar-refractivity contribution in [2.75, 3.05) is 0 Å². The largest absolute Gasteiger partial charge is 0.461 e. The molecule has 6 atom stereocenters. The Balaban J connectivity index is 1.99. The molecule has 0 aromatic heterocycles. The average molecular weight is 265 g/mol. The van der Waals surface area contributed by atoms with Gasteiger partial charge in [0.15, 0.2) is 0 Å². The Labute approximate surface area is 116 Å². The SMILES string of the molecule is CC(C)[C@H]1C2CCCC[C@H]2C[C@@]2(N)C(=O)O[C@H](C)[C@@H]12. The number of esters is 1. The maximum Gasteiger partial charge on any atom is 0.326 e. The van der Waals surface area contributed by atoms with Crippen molar-refractivity contribution < 1.29 is 9.53 Å². The number of ether oxygens (including phenoxy) is 1. The fraction of sp³-hybridized carbons (Fsp3) is 0.938. The zero-order valence-electron chi connectivity index (χ0n) is 12.4. The summed E-state index contributed by atoms with van der Waals surface area (Å²) in [6.07, 6.45) is 6.07. The zero-order chi connectivity index (χ0) is 13.8. The third kappa shape index (κ3) is 1.84.